The standard InChI is InChI=1S/C13H19NO4/c1-2-16-9-8-14-13(15)18-11-10-17-12-6-4-3-5-7-12/h3-7H,2,8-11H2,1H3,(H,14,15). The summed E-state index contributed by atoms with van der Waals surface area (Å²) >= 11 is 0. The first-order valence-electron chi connectivity index (χ1n) is 5.99. The third kappa shape index (κ3) is 6.75. The van der Waals surface area contributed by atoms with Gasteiger partial charge in [-0.15, -0.1) is 0 Å². The third-order valence-electron chi connectivity index (χ3n) is 2.05. The molecule has 0 aromatic heterocycles. The maximum absolute atomic E-state index is 11.2. The van der Waals surface area contributed by atoms with Gasteiger partial charge in [-0.25, -0.2) is 4.79 Å². The van der Waals surface area contributed by atoms with Gasteiger partial charge in [-0.05, 0) is 19.1 Å². The Kier molecular flexibility index (Phi) is 7.39. The third-order valence-corrected chi connectivity index (χ3v) is 2.05. The highest BCUT2D eigenvalue weighted by Crippen LogP contribution is 2.07. The van der Waals surface area contributed by atoms with Gasteiger partial charge in [0.15, 0.2) is 0 Å². The Bertz CT molecular complexity index is 329. The van der Waals surface area contributed by atoms with Crippen LogP contribution in [0.25, 0.3) is 0 Å². The molecule has 0 radical (unpaired) electrons. The quantitative estimate of drug-likeness (QED) is 0.718. The molecular formula is C13H19NO4. The monoisotopic (exact) mass is 253 g/mol. The number of hydrogen-bond acceptors (Lipinski definition) is 4. The molecule has 0 bridgehead atoms. The van der Waals surface area contributed by atoms with Crippen molar-refractivity contribution in [3.05, 3.63) is 30.3 Å². The van der Waals surface area contributed by atoms with E-state index >= 15 is 0 Å². The van der Waals surface area contributed by atoms with E-state index in [0.29, 0.717) is 26.4 Å². The molecule has 0 aliphatic rings. The maximum Gasteiger partial charge on any atom is 0.407 e. The normalized spacial score (nSPS) is 9.83. The first kappa shape index (κ1) is 14.3. The van der Waals surface area contributed by atoms with E-state index in [4.69, 9.17) is 14.2 Å². The maximum atomic E-state index is 11.2. The van der Waals surface area contributed by atoms with Crippen molar-refractivity contribution in [3.63, 3.8) is 0 Å². The van der Waals surface area contributed by atoms with Gasteiger partial charge in [0.05, 0.1) is 6.61 Å². The molecule has 0 aliphatic heterocycles. The molecule has 100 valence electrons. The summed E-state index contributed by atoms with van der Waals surface area (Å²) in [4.78, 5) is 11.2. The number of alkyl carbamates (subject to hydrolysis) is 1. The lowest BCUT2D eigenvalue weighted by atomic mass is 10.3. The second kappa shape index (κ2) is 9.30. The summed E-state index contributed by atoms with van der Waals surface area (Å²) < 4.78 is 15.4. The van der Waals surface area contributed by atoms with E-state index in [0.717, 1.165) is 5.75 Å². The predicted octanol–water partition coefficient (Wildman–Crippen LogP) is 1.83. The Morgan fingerprint density at radius 1 is 1.17 bits per heavy atom. The Balaban J connectivity index is 1.99. The van der Waals surface area contributed by atoms with Crippen LogP contribution in [0, 0.1) is 0 Å². The molecule has 0 unspecified atom stereocenters. The van der Waals surface area contributed by atoms with Gasteiger partial charge in [0.1, 0.15) is 19.0 Å². The summed E-state index contributed by atoms with van der Waals surface area (Å²) in [5.74, 6) is 0.762. The van der Waals surface area contributed by atoms with E-state index in [-0.39, 0.29) is 6.61 Å². The van der Waals surface area contributed by atoms with Crippen molar-refractivity contribution in [2.24, 2.45) is 0 Å². The van der Waals surface area contributed by atoms with E-state index in [1.807, 2.05) is 37.3 Å². The summed E-state index contributed by atoms with van der Waals surface area (Å²) in [7, 11) is 0. The highest BCUT2D eigenvalue weighted by molar-refractivity contribution is 5.67. The summed E-state index contributed by atoms with van der Waals surface area (Å²) in [6, 6.07) is 9.38. The fourth-order valence-electron chi connectivity index (χ4n) is 1.23. The zero-order valence-electron chi connectivity index (χ0n) is 10.6. The van der Waals surface area contributed by atoms with Gasteiger partial charge in [-0.2, -0.15) is 0 Å². The van der Waals surface area contributed by atoms with Crippen LogP contribution in [-0.4, -0.2) is 39.1 Å². The van der Waals surface area contributed by atoms with Crippen LogP contribution >= 0.6 is 0 Å². The molecule has 18 heavy (non-hydrogen) atoms. The van der Waals surface area contributed by atoms with E-state index in [9.17, 15) is 4.79 Å². The second-order valence-electron chi connectivity index (χ2n) is 3.42. The minimum atomic E-state index is -0.452. The lowest BCUT2D eigenvalue weighted by Gasteiger charge is -2.08. The average molecular weight is 253 g/mol. The van der Waals surface area contributed by atoms with E-state index in [1.54, 1.807) is 0 Å². The Morgan fingerprint density at radius 3 is 2.67 bits per heavy atom. The largest absolute Gasteiger partial charge is 0.490 e. The first-order chi connectivity index (χ1) is 8.83. The van der Waals surface area contributed by atoms with Gasteiger partial charge in [0, 0.05) is 13.2 Å². The number of rotatable bonds is 8. The fourth-order valence-corrected chi connectivity index (χ4v) is 1.23. The van der Waals surface area contributed by atoms with Crippen molar-refractivity contribution in [1.29, 1.82) is 0 Å². The number of ether oxygens (including phenoxy) is 3. The van der Waals surface area contributed by atoms with Crippen molar-refractivity contribution in [1.82, 2.24) is 5.32 Å². The van der Waals surface area contributed by atoms with E-state index < -0.39 is 6.09 Å². The van der Waals surface area contributed by atoms with Crippen LogP contribution in [0.5, 0.6) is 5.75 Å². The molecule has 1 N–H and O–H groups in total. The number of hydrogen-bond donors (Lipinski definition) is 1. The Hall–Kier alpha value is -1.75. The number of carbonyl (C=O) groups excluding carboxylic acids is 1. The molecule has 0 heterocycles. The first-order valence-corrected chi connectivity index (χ1v) is 5.99. The van der Waals surface area contributed by atoms with Crippen LogP contribution in [-0.2, 0) is 9.47 Å². The smallest absolute Gasteiger partial charge is 0.407 e. The number of amides is 1. The molecule has 5 nitrogen and oxygen atoms in total. The molecular weight excluding hydrogens is 234 g/mol. The summed E-state index contributed by atoms with van der Waals surface area (Å²) in [6.07, 6.45) is -0.452. The molecule has 0 spiro atoms. The SMILES string of the molecule is CCOCCNC(=O)OCCOc1ccccc1. The molecule has 0 saturated heterocycles. The molecule has 5 heteroatoms. The van der Waals surface area contributed by atoms with Crippen LogP contribution < -0.4 is 10.1 Å². The zero-order chi connectivity index (χ0) is 13.1. The molecule has 1 aromatic rings. The molecule has 0 aliphatic carbocycles. The van der Waals surface area contributed by atoms with Crippen LogP contribution in [0.15, 0.2) is 30.3 Å². The zero-order valence-corrected chi connectivity index (χ0v) is 10.6. The highest BCUT2D eigenvalue weighted by atomic mass is 16.6. The van der Waals surface area contributed by atoms with Gasteiger partial charge in [0.25, 0.3) is 0 Å². The van der Waals surface area contributed by atoms with Crippen LogP contribution in [0.3, 0.4) is 0 Å². The minimum Gasteiger partial charge on any atom is -0.490 e. The Labute approximate surface area is 107 Å². The van der Waals surface area contributed by atoms with Gasteiger partial charge in [0.2, 0.25) is 0 Å². The van der Waals surface area contributed by atoms with E-state index in [1.165, 1.54) is 0 Å². The number of nitrogens with one attached hydrogen (secondary N) is 1. The summed E-state index contributed by atoms with van der Waals surface area (Å²) in [5.41, 5.74) is 0. The molecule has 1 amide bonds. The van der Waals surface area contributed by atoms with E-state index in [2.05, 4.69) is 5.32 Å². The lowest BCUT2D eigenvalue weighted by molar-refractivity contribution is 0.115. The lowest BCUT2D eigenvalue weighted by Crippen LogP contribution is -2.29. The number of para-hydroxylation sites is 1. The topological polar surface area (TPSA) is 56.8 Å². The second-order valence-corrected chi connectivity index (χ2v) is 3.42. The van der Waals surface area contributed by atoms with Gasteiger partial charge >= 0.3 is 6.09 Å². The van der Waals surface area contributed by atoms with Gasteiger partial charge in [-0.1, -0.05) is 18.2 Å². The number of carbonyl (C=O) groups is 1. The van der Waals surface area contributed by atoms with Crippen molar-refractivity contribution in [3.8, 4) is 5.75 Å². The van der Waals surface area contributed by atoms with Crippen molar-refractivity contribution < 1.29 is 19.0 Å². The molecule has 0 fully saturated rings. The molecule has 1 aromatic carbocycles. The van der Waals surface area contributed by atoms with Crippen LogP contribution in [0.4, 0.5) is 4.79 Å². The summed E-state index contributed by atoms with van der Waals surface area (Å²) in [5, 5.41) is 2.57. The summed E-state index contributed by atoms with van der Waals surface area (Å²) in [6.45, 7) is 4.04. The average Bonchev–Trinajstić information content (AvgIpc) is 2.41. The van der Waals surface area contributed by atoms with Crippen molar-refractivity contribution in [2.45, 2.75) is 6.92 Å². The van der Waals surface area contributed by atoms with Crippen LogP contribution in [0.2, 0.25) is 0 Å². The Morgan fingerprint density at radius 2 is 1.94 bits per heavy atom. The van der Waals surface area contributed by atoms with Gasteiger partial charge < -0.3 is 19.5 Å². The van der Waals surface area contributed by atoms with Crippen LogP contribution in [0.1, 0.15) is 6.92 Å². The molecule has 0 saturated carbocycles. The number of benzene rings is 1. The highest BCUT2D eigenvalue weighted by Gasteiger charge is 2.00. The molecule has 1 rings (SSSR count). The predicted molar refractivity (Wildman–Crippen MR) is 67.8 cm³/mol. The van der Waals surface area contributed by atoms with Crippen molar-refractivity contribution in [2.75, 3.05) is 33.0 Å². The fraction of sp³-hybridized carbons (Fsp3) is 0.462. The van der Waals surface area contributed by atoms with Crippen molar-refractivity contribution >= 4 is 6.09 Å². The van der Waals surface area contributed by atoms with Gasteiger partial charge in [-0.3, -0.25) is 0 Å². The molecule has 0 atom stereocenters. The minimum absolute atomic E-state index is 0.218.